The van der Waals surface area contributed by atoms with Crippen LogP contribution in [0.25, 0.3) is 0 Å². The molecule has 0 spiro atoms. The Labute approximate surface area is 134 Å². The number of nitrogens with one attached hydrogen (secondary N) is 1. The van der Waals surface area contributed by atoms with Crippen LogP contribution in [0.3, 0.4) is 0 Å². The lowest BCUT2D eigenvalue weighted by Crippen LogP contribution is -2.44. The van der Waals surface area contributed by atoms with Crippen molar-refractivity contribution in [2.75, 3.05) is 5.32 Å². The summed E-state index contributed by atoms with van der Waals surface area (Å²) in [6, 6.07) is 13.7. The van der Waals surface area contributed by atoms with Crippen LogP contribution in [-0.2, 0) is 4.79 Å². The molecule has 0 saturated heterocycles. The molecule has 0 heterocycles. The summed E-state index contributed by atoms with van der Waals surface area (Å²) in [5.41, 5.74) is -0.314. The van der Waals surface area contributed by atoms with E-state index in [1.54, 1.807) is 6.92 Å². The van der Waals surface area contributed by atoms with Crippen LogP contribution in [0, 0.1) is 0 Å². The molecule has 2 rings (SSSR count). The van der Waals surface area contributed by atoms with Gasteiger partial charge < -0.3 is 15.5 Å². The number of hydrogen-bond donors (Lipinski definition) is 3. The molecule has 4 nitrogen and oxygen atoms in total. The van der Waals surface area contributed by atoms with Crippen LogP contribution in [0.15, 0.2) is 48.5 Å². The zero-order valence-corrected chi connectivity index (χ0v) is 13.1. The molecule has 0 aromatic heterocycles. The fourth-order valence-corrected chi connectivity index (χ4v) is 2.29. The number of amides is 1. The molecule has 116 valence electrons. The van der Waals surface area contributed by atoms with E-state index in [0.717, 1.165) is 5.56 Å². The van der Waals surface area contributed by atoms with E-state index < -0.39 is 11.5 Å². The molecule has 0 bridgehead atoms. The summed E-state index contributed by atoms with van der Waals surface area (Å²) < 4.78 is 0. The van der Waals surface area contributed by atoms with Gasteiger partial charge in [0.15, 0.2) is 0 Å². The van der Waals surface area contributed by atoms with Crippen LogP contribution >= 0.6 is 11.6 Å². The molecule has 0 aliphatic rings. The number of carbonyl (C=O) groups excluding carboxylic acids is 1. The van der Waals surface area contributed by atoms with E-state index in [0.29, 0.717) is 5.69 Å². The van der Waals surface area contributed by atoms with Gasteiger partial charge in [-0.3, -0.25) is 4.79 Å². The summed E-state index contributed by atoms with van der Waals surface area (Å²) in [6.45, 7) is 3.26. The molecule has 0 aliphatic carbocycles. The third-order valence-corrected chi connectivity index (χ3v) is 4.11. The van der Waals surface area contributed by atoms with Crippen molar-refractivity contribution in [3.63, 3.8) is 0 Å². The number of phenols is 1. The average molecular weight is 320 g/mol. The minimum Gasteiger partial charge on any atom is -0.506 e. The molecule has 0 radical (unpaired) electrons. The highest BCUT2D eigenvalue weighted by Gasteiger charge is 2.37. The van der Waals surface area contributed by atoms with Gasteiger partial charge in [-0.15, -0.1) is 0 Å². The van der Waals surface area contributed by atoms with Gasteiger partial charge in [-0.05, 0) is 30.7 Å². The van der Waals surface area contributed by atoms with E-state index in [4.69, 9.17) is 11.6 Å². The van der Waals surface area contributed by atoms with E-state index in [9.17, 15) is 15.0 Å². The molecular formula is C17H18ClNO3. The van der Waals surface area contributed by atoms with Gasteiger partial charge in [-0.25, -0.2) is 0 Å². The molecular weight excluding hydrogens is 302 g/mol. The lowest BCUT2D eigenvalue weighted by Gasteiger charge is -2.29. The predicted molar refractivity (Wildman–Crippen MR) is 87.2 cm³/mol. The summed E-state index contributed by atoms with van der Waals surface area (Å²) in [6.07, 6.45) is 0. The van der Waals surface area contributed by atoms with Gasteiger partial charge in [0.25, 0.3) is 5.91 Å². The first-order valence-electron chi connectivity index (χ1n) is 6.89. The van der Waals surface area contributed by atoms with Crippen molar-refractivity contribution in [1.29, 1.82) is 0 Å². The molecule has 0 saturated carbocycles. The van der Waals surface area contributed by atoms with Crippen LogP contribution < -0.4 is 5.32 Å². The van der Waals surface area contributed by atoms with E-state index in [1.165, 1.54) is 25.1 Å². The van der Waals surface area contributed by atoms with Gasteiger partial charge in [-0.1, -0.05) is 48.9 Å². The van der Waals surface area contributed by atoms with Gasteiger partial charge in [0.05, 0.1) is 5.02 Å². The molecule has 2 aromatic carbocycles. The van der Waals surface area contributed by atoms with Crippen LogP contribution in [0.1, 0.15) is 25.3 Å². The van der Waals surface area contributed by atoms with Crippen molar-refractivity contribution in [1.82, 2.24) is 0 Å². The Morgan fingerprint density at radius 1 is 1.23 bits per heavy atom. The highest BCUT2D eigenvalue weighted by molar-refractivity contribution is 6.32. The van der Waals surface area contributed by atoms with E-state index in [1.807, 2.05) is 30.3 Å². The number of aliphatic hydroxyl groups is 1. The van der Waals surface area contributed by atoms with Crippen LogP contribution in [0.2, 0.25) is 5.02 Å². The maximum atomic E-state index is 12.4. The van der Waals surface area contributed by atoms with Crippen molar-refractivity contribution in [2.45, 2.75) is 25.4 Å². The number of halogens is 1. The molecule has 3 N–H and O–H groups in total. The first-order chi connectivity index (χ1) is 10.3. The van der Waals surface area contributed by atoms with Crippen molar-refractivity contribution >= 4 is 23.2 Å². The number of aromatic hydroxyl groups is 1. The third-order valence-electron chi connectivity index (χ3n) is 3.81. The van der Waals surface area contributed by atoms with E-state index in [2.05, 4.69) is 5.32 Å². The van der Waals surface area contributed by atoms with Crippen molar-refractivity contribution < 1.29 is 15.0 Å². The van der Waals surface area contributed by atoms with Crippen LogP contribution in [0.4, 0.5) is 5.69 Å². The smallest absolute Gasteiger partial charge is 0.256 e. The Kier molecular flexibility index (Phi) is 4.74. The average Bonchev–Trinajstić information content (AvgIpc) is 2.51. The molecule has 2 atom stereocenters. The van der Waals surface area contributed by atoms with Crippen LogP contribution in [-0.4, -0.2) is 21.7 Å². The monoisotopic (exact) mass is 319 g/mol. The number of anilines is 1. The lowest BCUT2D eigenvalue weighted by atomic mass is 9.84. The molecule has 2 aromatic rings. The van der Waals surface area contributed by atoms with Crippen molar-refractivity contribution in [3.8, 4) is 5.75 Å². The zero-order chi connectivity index (χ0) is 16.3. The zero-order valence-electron chi connectivity index (χ0n) is 12.4. The van der Waals surface area contributed by atoms with E-state index in [-0.39, 0.29) is 16.7 Å². The first-order valence-corrected chi connectivity index (χ1v) is 7.27. The Morgan fingerprint density at radius 3 is 2.45 bits per heavy atom. The second-order valence-corrected chi connectivity index (χ2v) is 5.81. The topological polar surface area (TPSA) is 69.6 Å². The second-order valence-electron chi connectivity index (χ2n) is 5.40. The Morgan fingerprint density at radius 2 is 1.86 bits per heavy atom. The second kappa shape index (κ2) is 6.38. The number of carbonyl (C=O) groups is 1. The fraction of sp³-hybridized carbons (Fsp3) is 0.235. The Balaban J connectivity index is 2.18. The van der Waals surface area contributed by atoms with Crippen molar-refractivity contribution in [2.24, 2.45) is 0 Å². The van der Waals surface area contributed by atoms with Gasteiger partial charge >= 0.3 is 0 Å². The van der Waals surface area contributed by atoms with Gasteiger partial charge in [-0.2, -0.15) is 0 Å². The van der Waals surface area contributed by atoms with Gasteiger partial charge in [0.2, 0.25) is 0 Å². The number of benzene rings is 2. The summed E-state index contributed by atoms with van der Waals surface area (Å²) in [5, 5.41) is 22.7. The predicted octanol–water partition coefficient (Wildman–Crippen LogP) is 3.54. The molecule has 2 unspecified atom stereocenters. The first kappa shape index (κ1) is 16.3. The fourth-order valence-electron chi connectivity index (χ4n) is 2.11. The standard InChI is InChI=1S/C17H18ClNO3/c1-11(12-6-4-3-5-7-12)17(2,22)16(21)19-13-8-9-15(20)14(18)10-13/h3-11,20,22H,1-2H3,(H,19,21). The molecule has 0 aliphatic heterocycles. The lowest BCUT2D eigenvalue weighted by molar-refractivity contribution is -0.134. The maximum Gasteiger partial charge on any atom is 0.256 e. The summed E-state index contributed by atoms with van der Waals surface area (Å²) in [5.74, 6) is -0.990. The van der Waals surface area contributed by atoms with Crippen LogP contribution in [0.5, 0.6) is 5.75 Å². The van der Waals surface area contributed by atoms with Crippen molar-refractivity contribution in [3.05, 3.63) is 59.1 Å². The minimum atomic E-state index is -1.59. The number of hydrogen-bond acceptors (Lipinski definition) is 3. The normalized spacial score (nSPS) is 14.9. The highest BCUT2D eigenvalue weighted by atomic mass is 35.5. The maximum absolute atomic E-state index is 12.4. The molecule has 5 heteroatoms. The largest absolute Gasteiger partial charge is 0.506 e. The van der Waals surface area contributed by atoms with Gasteiger partial charge in [0.1, 0.15) is 11.4 Å². The molecule has 1 amide bonds. The quantitative estimate of drug-likeness (QED) is 0.755. The Bertz CT molecular complexity index is 671. The Hall–Kier alpha value is -2.04. The minimum absolute atomic E-state index is 0.0657. The summed E-state index contributed by atoms with van der Waals surface area (Å²) in [7, 11) is 0. The number of phenolic OH excluding ortho intramolecular Hbond substituents is 1. The van der Waals surface area contributed by atoms with Gasteiger partial charge in [0, 0.05) is 11.6 Å². The van der Waals surface area contributed by atoms with E-state index >= 15 is 0 Å². The highest BCUT2D eigenvalue weighted by Crippen LogP contribution is 2.30. The number of rotatable bonds is 4. The summed E-state index contributed by atoms with van der Waals surface area (Å²) >= 11 is 5.81. The molecule has 22 heavy (non-hydrogen) atoms. The molecule has 0 fully saturated rings. The third kappa shape index (κ3) is 3.40. The summed E-state index contributed by atoms with van der Waals surface area (Å²) in [4.78, 5) is 12.4. The SMILES string of the molecule is CC(c1ccccc1)C(C)(O)C(=O)Nc1ccc(O)c(Cl)c1.